The molecular formula is C27H32N5O10P. The molecule has 43 heavy (non-hydrogen) atoms. The number of hydrogen-bond donors (Lipinski definition) is 3. The summed E-state index contributed by atoms with van der Waals surface area (Å²) in [6.45, 7) is 5.08. The van der Waals surface area contributed by atoms with E-state index in [1.807, 2.05) is 0 Å². The second kappa shape index (κ2) is 12.4. The fourth-order valence-corrected chi connectivity index (χ4v) is 6.20. The van der Waals surface area contributed by atoms with Gasteiger partial charge in [-0.1, -0.05) is 41.5 Å². The van der Waals surface area contributed by atoms with Crippen LogP contribution in [0.4, 0.5) is 0 Å². The lowest BCUT2D eigenvalue weighted by Crippen LogP contribution is -2.49. The molecule has 2 aromatic carbocycles. The molecule has 2 aliphatic rings. The van der Waals surface area contributed by atoms with Crippen LogP contribution in [0.5, 0.6) is 5.75 Å². The van der Waals surface area contributed by atoms with Crippen molar-refractivity contribution in [2.45, 2.75) is 69.9 Å². The molecule has 16 heteroatoms. The average Bonchev–Trinajstić information content (AvgIpc) is 3.17. The van der Waals surface area contributed by atoms with Crippen molar-refractivity contribution in [3.8, 4) is 5.75 Å². The van der Waals surface area contributed by atoms with Crippen LogP contribution in [-0.4, -0.2) is 75.2 Å². The summed E-state index contributed by atoms with van der Waals surface area (Å²) in [5.74, 6) is -1.89. The Labute approximate surface area is 246 Å². The van der Waals surface area contributed by atoms with Crippen molar-refractivity contribution >= 4 is 36.2 Å². The quantitative estimate of drug-likeness (QED) is 0.0833. The monoisotopic (exact) mass is 617 g/mol. The number of fused-ring (bicyclic) bond motifs is 1. The standard InChI is InChI=1S/C27H32N5O10P/c1-16(2)40-25(37)26(3,4)30-43(38,42-20-11-7-9-17-8-5-6-10-19(17)20)39-15-27(29-31-28)23(36)22(35)24(41-27)32-13-12-18(33)14-21(32)34/h5-13,16,22-24,35-36H,14-15H2,1-4H3,(H,30,38)/t22-,23+,24-,27-,43?/m1/s1. The molecule has 1 unspecified atom stereocenters. The number of ether oxygens (including phenoxy) is 2. The number of ketones is 1. The molecule has 0 bridgehead atoms. The van der Waals surface area contributed by atoms with E-state index in [0.29, 0.717) is 5.39 Å². The Morgan fingerprint density at radius 2 is 1.95 bits per heavy atom. The third-order valence-electron chi connectivity index (χ3n) is 6.60. The molecule has 15 nitrogen and oxygen atoms in total. The van der Waals surface area contributed by atoms with E-state index in [1.165, 1.54) is 19.9 Å². The molecule has 0 spiro atoms. The number of aliphatic hydroxyl groups is 2. The Kier molecular flexibility index (Phi) is 9.28. The molecule has 3 N–H and O–H groups in total. The van der Waals surface area contributed by atoms with Gasteiger partial charge in [-0.05, 0) is 50.8 Å². The summed E-state index contributed by atoms with van der Waals surface area (Å²) in [4.78, 5) is 40.5. The highest BCUT2D eigenvalue weighted by Crippen LogP contribution is 2.50. The number of carbonyl (C=O) groups excluding carboxylic acids is 3. The van der Waals surface area contributed by atoms with Gasteiger partial charge in [0.2, 0.25) is 11.6 Å². The summed E-state index contributed by atoms with van der Waals surface area (Å²) in [6, 6.07) is 12.0. The molecule has 4 rings (SSSR count). The molecule has 1 saturated heterocycles. The first-order valence-electron chi connectivity index (χ1n) is 13.3. The van der Waals surface area contributed by atoms with E-state index in [4.69, 9.17) is 18.5 Å². The number of aliphatic hydroxyl groups excluding tert-OH is 2. The zero-order valence-electron chi connectivity index (χ0n) is 23.8. The van der Waals surface area contributed by atoms with E-state index in [1.54, 1.807) is 50.2 Å². The summed E-state index contributed by atoms with van der Waals surface area (Å²) in [7, 11) is -4.65. The maximum absolute atomic E-state index is 14.4. The van der Waals surface area contributed by atoms with Gasteiger partial charge in [0.05, 0.1) is 19.1 Å². The number of hydrogen-bond acceptors (Lipinski definition) is 11. The number of benzene rings is 2. The number of azide groups is 1. The van der Waals surface area contributed by atoms with Crippen molar-refractivity contribution in [1.82, 2.24) is 9.99 Å². The van der Waals surface area contributed by atoms with Crippen LogP contribution in [0.2, 0.25) is 0 Å². The normalized spacial score (nSPS) is 25.5. The fourth-order valence-electron chi connectivity index (χ4n) is 4.48. The third kappa shape index (κ3) is 6.89. The van der Waals surface area contributed by atoms with Crippen LogP contribution in [-0.2, 0) is 32.9 Å². The molecule has 0 radical (unpaired) electrons. The second-order valence-corrected chi connectivity index (χ2v) is 12.4. The van der Waals surface area contributed by atoms with Gasteiger partial charge in [-0.15, -0.1) is 0 Å². The number of carbonyl (C=O) groups is 3. The summed E-state index contributed by atoms with van der Waals surface area (Å²) < 4.78 is 37.0. The van der Waals surface area contributed by atoms with Crippen molar-refractivity contribution in [2.24, 2.45) is 5.11 Å². The van der Waals surface area contributed by atoms with Crippen LogP contribution in [0.3, 0.4) is 0 Å². The van der Waals surface area contributed by atoms with Gasteiger partial charge in [0.1, 0.15) is 23.5 Å². The van der Waals surface area contributed by atoms with E-state index in [0.717, 1.165) is 22.6 Å². The van der Waals surface area contributed by atoms with Crippen LogP contribution in [0.15, 0.2) is 59.9 Å². The lowest BCUT2D eigenvalue weighted by molar-refractivity contribution is -0.159. The predicted octanol–water partition coefficient (Wildman–Crippen LogP) is 3.06. The molecule has 0 saturated carbocycles. The highest BCUT2D eigenvalue weighted by Gasteiger charge is 2.58. The molecule has 1 fully saturated rings. The SMILES string of the molecule is CC(C)OC(=O)C(C)(C)NP(=O)(OC[C@@]1(N=[N+]=[N-])O[C@@H](N2C=CC(=O)CC2=O)[C@H](O)[C@@H]1O)Oc1cccc2ccccc12. The van der Waals surface area contributed by atoms with Crippen LogP contribution in [0, 0.1) is 0 Å². The van der Waals surface area contributed by atoms with E-state index in [9.17, 15) is 34.7 Å². The smallest absolute Gasteiger partial charge is 0.459 e. The maximum atomic E-state index is 14.4. The van der Waals surface area contributed by atoms with Gasteiger partial charge in [0, 0.05) is 16.5 Å². The highest BCUT2D eigenvalue weighted by molar-refractivity contribution is 7.52. The zero-order valence-corrected chi connectivity index (χ0v) is 24.7. The Hall–Kier alpha value is -3.81. The Morgan fingerprint density at radius 3 is 2.63 bits per heavy atom. The molecule has 0 aliphatic carbocycles. The lowest BCUT2D eigenvalue weighted by Gasteiger charge is -2.33. The van der Waals surface area contributed by atoms with Crippen molar-refractivity contribution < 1.29 is 47.7 Å². The molecule has 230 valence electrons. The highest BCUT2D eigenvalue weighted by atomic mass is 31.2. The molecular weight excluding hydrogens is 585 g/mol. The summed E-state index contributed by atoms with van der Waals surface area (Å²) in [6.07, 6.45) is -4.27. The third-order valence-corrected chi connectivity index (χ3v) is 8.34. The summed E-state index contributed by atoms with van der Waals surface area (Å²) in [5.41, 5.74) is 5.25. The summed E-state index contributed by atoms with van der Waals surface area (Å²) >= 11 is 0. The fraction of sp³-hybridized carbons (Fsp3) is 0.444. The molecule has 2 heterocycles. The zero-order chi connectivity index (χ0) is 31.6. The van der Waals surface area contributed by atoms with E-state index >= 15 is 0 Å². The van der Waals surface area contributed by atoms with Crippen molar-refractivity contribution in [2.75, 3.05) is 6.61 Å². The second-order valence-electron chi connectivity index (χ2n) is 10.8. The van der Waals surface area contributed by atoms with E-state index in [-0.39, 0.29) is 5.75 Å². The lowest BCUT2D eigenvalue weighted by atomic mass is 10.1. The van der Waals surface area contributed by atoms with Gasteiger partial charge in [0.25, 0.3) is 0 Å². The molecule has 2 aliphatic heterocycles. The molecule has 5 atom stereocenters. The minimum absolute atomic E-state index is 0.110. The molecule has 2 aromatic rings. The van der Waals surface area contributed by atoms with Crippen LogP contribution >= 0.6 is 7.75 Å². The van der Waals surface area contributed by atoms with Gasteiger partial charge in [0.15, 0.2) is 12.0 Å². The number of nitrogens with zero attached hydrogens (tertiary/aromatic N) is 4. The van der Waals surface area contributed by atoms with Gasteiger partial charge in [-0.25, -0.2) is 4.57 Å². The average molecular weight is 618 g/mol. The largest absolute Gasteiger partial charge is 0.462 e. The minimum atomic E-state index is -4.65. The number of nitrogens with one attached hydrogen (secondary N) is 1. The topological polar surface area (TPSA) is 210 Å². The number of esters is 1. The molecule has 1 amide bonds. The van der Waals surface area contributed by atoms with Gasteiger partial charge >= 0.3 is 13.7 Å². The minimum Gasteiger partial charge on any atom is -0.462 e. The van der Waals surface area contributed by atoms with Crippen molar-refractivity contribution in [3.05, 3.63) is 65.2 Å². The van der Waals surface area contributed by atoms with Crippen LogP contribution in [0.25, 0.3) is 21.2 Å². The van der Waals surface area contributed by atoms with Gasteiger partial charge < -0.3 is 24.2 Å². The Balaban J connectivity index is 1.68. The Bertz CT molecular complexity index is 1540. The van der Waals surface area contributed by atoms with Gasteiger partial charge in [-0.2, -0.15) is 5.09 Å². The number of allylic oxidation sites excluding steroid dienone is 1. The van der Waals surface area contributed by atoms with Crippen molar-refractivity contribution in [3.63, 3.8) is 0 Å². The van der Waals surface area contributed by atoms with Crippen LogP contribution < -0.4 is 9.61 Å². The number of amides is 1. The van der Waals surface area contributed by atoms with Crippen molar-refractivity contribution in [1.29, 1.82) is 0 Å². The van der Waals surface area contributed by atoms with Crippen LogP contribution in [0.1, 0.15) is 34.1 Å². The van der Waals surface area contributed by atoms with E-state index in [2.05, 4.69) is 15.1 Å². The first kappa shape index (κ1) is 32.1. The summed E-state index contributed by atoms with van der Waals surface area (Å²) in [5, 5.41) is 29.1. The molecule has 0 aromatic heterocycles. The Morgan fingerprint density at radius 1 is 1.26 bits per heavy atom. The van der Waals surface area contributed by atoms with Gasteiger partial charge in [-0.3, -0.25) is 23.8 Å². The first-order valence-corrected chi connectivity index (χ1v) is 14.8. The maximum Gasteiger partial charge on any atom is 0.459 e. The predicted molar refractivity (Wildman–Crippen MR) is 151 cm³/mol. The number of rotatable bonds is 11. The first-order chi connectivity index (χ1) is 20.2. The van der Waals surface area contributed by atoms with E-state index < -0.39 is 74.2 Å².